The van der Waals surface area contributed by atoms with Gasteiger partial charge in [-0.25, -0.2) is 9.97 Å². The number of rotatable bonds is 3. The lowest BCUT2D eigenvalue weighted by molar-refractivity contribution is 0.263. The van der Waals surface area contributed by atoms with Gasteiger partial charge in [0.25, 0.3) is 0 Å². The van der Waals surface area contributed by atoms with E-state index in [4.69, 9.17) is 10.8 Å². The summed E-state index contributed by atoms with van der Waals surface area (Å²) >= 11 is 5.02. The third-order valence-corrected chi connectivity index (χ3v) is 3.87. The Bertz CT molecular complexity index is 529. The summed E-state index contributed by atoms with van der Waals surface area (Å²) in [6.45, 7) is 1.73. The van der Waals surface area contributed by atoms with Crippen molar-refractivity contribution in [2.24, 2.45) is 5.73 Å². The molecule has 0 aliphatic heterocycles. The topological polar surface area (TPSA) is 72.0 Å². The number of thiophene rings is 1. The molecule has 0 saturated carbocycles. The quantitative estimate of drug-likeness (QED) is 0.911. The van der Waals surface area contributed by atoms with Crippen molar-refractivity contribution in [3.63, 3.8) is 0 Å². The van der Waals surface area contributed by atoms with Crippen molar-refractivity contribution >= 4 is 27.3 Å². The first-order chi connectivity index (χ1) is 8.10. The molecule has 0 fully saturated rings. The lowest BCUT2D eigenvalue weighted by Crippen LogP contribution is -2.18. The van der Waals surface area contributed by atoms with Crippen LogP contribution in [0.25, 0.3) is 10.6 Å². The highest BCUT2D eigenvalue weighted by atomic mass is 79.9. The fourth-order valence-electron chi connectivity index (χ4n) is 1.42. The Morgan fingerprint density at radius 3 is 2.82 bits per heavy atom. The summed E-state index contributed by atoms with van der Waals surface area (Å²) in [5.41, 5.74) is 7.42. The van der Waals surface area contributed by atoms with Crippen LogP contribution in [-0.4, -0.2) is 21.7 Å². The predicted octanol–water partition coefficient (Wildman–Crippen LogP) is 2.27. The maximum atomic E-state index is 9.03. The first-order valence-corrected chi connectivity index (χ1v) is 6.69. The van der Waals surface area contributed by atoms with Crippen LogP contribution in [0.15, 0.2) is 22.0 Å². The molecule has 2 aromatic rings. The third-order valence-electron chi connectivity index (χ3n) is 2.23. The molecule has 2 aromatic heterocycles. The molecule has 0 radical (unpaired) electrons. The Balaban J connectivity index is 2.44. The van der Waals surface area contributed by atoms with Crippen LogP contribution in [0.4, 0.5) is 0 Å². The number of nitrogens with two attached hydrogens (primary N) is 1. The van der Waals surface area contributed by atoms with Gasteiger partial charge in [0.1, 0.15) is 5.82 Å². The molecule has 1 atom stereocenters. The lowest BCUT2D eigenvalue weighted by atomic mass is 10.2. The standard InChI is InChI=1S/C11H12BrN3OS/c1-6-4-8(9-2-3-10(12)17-9)15-11(14-6)7(13)5-16/h2-4,7,16H,5,13H2,1H3. The molecule has 2 heterocycles. The minimum absolute atomic E-state index is 0.156. The molecule has 0 aromatic carbocycles. The van der Waals surface area contributed by atoms with E-state index in [1.54, 1.807) is 11.3 Å². The first kappa shape index (κ1) is 12.6. The highest BCUT2D eigenvalue weighted by Gasteiger charge is 2.12. The van der Waals surface area contributed by atoms with Crippen LogP contribution in [-0.2, 0) is 0 Å². The highest BCUT2D eigenvalue weighted by molar-refractivity contribution is 9.11. The fraction of sp³-hybridized carbons (Fsp3) is 0.273. The zero-order valence-electron chi connectivity index (χ0n) is 9.22. The van der Waals surface area contributed by atoms with Gasteiger partial charge in [0.05, 0.1) is 27.0 Å². The van der Waals surface area contributed by atoms with E-state index in [1.165, 1.54) is 0 Å². The summed E-state index contributed by atoms with van der Waals surface area (Å²) < 4.78 is 1.05. The molecular formula is C11H12BrN3OS. The molecule has 0 saturated heterocycles. The van der Waals surface area contributed by atoms with Gasteiger partial charge in [-0.15, -0.1) is 11.3 Å². The highest BCUT2D eigenvalue weighted by Crippen LogP contribution is 2.30. The second kappa shape index (κ2) is 5.22. The van der Waals surface area contributed by atoms with E-state index in [1.807, 2.05) is 25.1 Å². The normalized spacial score (nSPS) is 12.7. The summed E-state index contributed by atoms with van der Waals surface area (Å²) in [4.78, 5) is 9.66. The van der Waals surface area contributed by atoms with Crippen molar-refractivity contribution < 1.29 is 5.11 Å². The second-order valence-corrected chi connectivity index (χ2v) is 6.11. The Labute approximate surface area is 112 Å². The number of nitrogens with zero attached hydrogens (tertiary/aromatic N) is 2. The molecule has 0 spiro atoms. The number of aliphatic hydroxyl groups is 1. The number of hydrogen-bond donors (Lipinski definition) is 2. The molecule has 17 heavy (non-hydrogen) atoms. The first-order valence-electron chi connectivity index (χ1n) is 5.08. The molecule has 1 unspecified atom stereocenters. The van der Waals surface area contributed by atoms with Crippen molar-refractivity contribution in [2.45, 2.75) is 13.0 Å². The van der Waals surface area contributed by atoms with Crippen molar-refractivity contribution in [1.82, 2.24) is 9.97 Å². The van der Waals surface area contributed by atoms with E-state index in [2.05, 4.69) is 25.9 Å². The zero-order valence-corrected chi connectivity index (χ0v) is 11.6. The van der Waals surface area contributed by atoms with Crippen LogP contribution in [0.5, 0.6) is 0 Å². The van der Waals surface area contributed by atoms with Gasteiger partial charge in [0, 0.05) is 5.69 Å². The molecule has 0 bridgehead atoms. The second-order valence-electron chi connectivity index (χ2n) is 3.65. The number of aryl methyl sites for hydroxylation is 1. The Morgan fingerprint density at radius 2 is 2.24 bits per heavy atom. The van der Waals surface area contributed by atoms with E-state index in [0.29, 0.717) is 5.82 Å². The molecule has 6 heteroatoms. The van der Waals surface area contributed by atoms with Crippen molar-refractivity contribution in [3.8, 4) is 10.6 Å². The van der Waals surface area contributed by atoms with E-state index in [9.17, 15) is 0 Å². The molecule has 90 valence electrons. The number of aromatic nitrogens is 2. The Morgan fingerprint density at radius 1 is 1.47 bits per heavy atom. The van der Waals surface area contributed by atoms with E-state index < -0.39 is 6.04 Å². The number of halogens is 1. The average molecular weight is 314 g/mol. The smallest absolute Gasteiger partial charge is 0.148 e. The van der Waals surface area contributed by atoms with Crippen LogP contribution in [0.2, 0.25) is 0 Å². The predicted molar refractivity (Wildman–Crippen MR) is 71.8 cm³/mol. The molecule has 4 nitrogen and oxygen atoms in total. The Kier molecular flexibility index (Phi) is 3.88. The summed E-state index contributed by atoms with van der Waals surface area (Å²) in [5.74, 6) is 0.479. The molecular weight excluding hydrogens is 302 g/mol. The van der Waals surface area contributed by atoms with Gasteiger partial charge in [0.2, 0.25) is 0 Å². The van der Waals surface area contributed by atoms with E-state index in [-0.39, 0.29) is 6.61 Å². The van der Waals surface area contributed by atoms with Crippen molar-refractivity contribution in [1.29, 1.82) is 0 Å². The third kappa shape index (κ3) is 2.90. The van der Waals surface area contributed by atoms with Gasteiger partial charge in [-0.3, -0.25) is 0 Å². The van der Waals surface area contributed by atoms with Crippen LogP contribution in [0.3, 0.4) is 0 Å². The van der Waals surface area contributed by atoms with Gasteiger partial charge < -0.3 is 10.8 Å². The van der Waals surface area contributed by atoms with Gasteiger partial charge in [-0.1, -0.05) is 0 Å². The van der Waals surface area contributed by atoms with Crippen molar-refractivity contribution in [2.75, 3.05) is 6.61 Å². The maximum Gasteiger partial charge on any atom is 0.148 e. The van der Waals surface area contributed by atoms with Crippen LogP contribution < -0.4 is 5.73 Å². The minimum atomic E-state index is -0.531. The molecule has 3 N–H and O–H groups in total. The lowest BCUT2D eigenvalue weighted by Gasteiger charge is -2.09. The zero-order chi connectivity index (χ0) is 12.4. The van der Waals surface area contributed by atoms with Crippen LogP contribution >= 0.6 is 27.3 Å². The van der Waals surface area contributed by atoms with Gasteiger partial charge in [-0.05, 0) is 41.1 Å². The summed E-state index contributed by atoms with van der Waals surface area (Å²) in [6.07, 6.45) is 0. The van der Waals surface area contributed by atoms with Crippen LogP contribution in [0.1, 0.15) is 17.6 Å². The monoisotopic (exact) mass is 313 g/mol. The number of aliphatic hydroxyl groups excluding tert-OH is 1. The molecule has 0 aliphatic rings. The average Bonchev–Trinajstić information content (AvgIpc) is 2.74. The molecule has 0 amide bonds. The minimum Gasteiger partial charge on any atom is -0.394 e. The maximum absolute atomic E-state index is 9.03. The van der Waals surface area contributed by atoms with Crippen LogP contribution in [0, 0.1) is 6.92 Å². The van der Waals surface area contributed by atoms with Gasteiger partial charge >= 0.3 is 0 Å². The van der Waals surface area contributed by atoms with E-state index >= 15 is 0 Å². The molecule has 0 aliphatic carbocycles. The largest absolute Gasteiger partial charge is 0.394 e. The van der Waals surface area contributed by atoms with Gasteiger partial charge in [0.15, 0.2) is 0 Å². The summed E-state index contributed by atoms with van der Waals surface area (Å²) in [6, 6.07) is 5.34. The van der Waals surface area contributed by atoms with E-state index in [0.717, 1.165) is 20.1 Å². The Hall–Kier alpha value is -0.820. The van der Waals surface area contributed by atoms with Gasteiger partial charge in [-0.2, -0.15) is 0 Å². The molecule has 2 rings (SSSR count). The number of hydrogen-bond acceptors (Lipinski definition) is 5. The SMILES string of the molecule is Cc1cc(-c2ccc(Br)s2)nc(C(N)CO)n1. The summed E-state index contributed by atoms with van der Waals surface area (Å²) in [7, 11) is 0. The van der Waals surface area contributed by atoms with Crippen molar-refractivity contribution in [3.05, 3.63) is 33.5 Å². The summed E-state index contributed by atoms with van der Waals surface area (Å²) in [5, 5.41) is 9.03. The fourth-order valence-corrected chi connectivity index (χ4v) is 2.76.